The van der Waals surface area contributed by atoms with Crippen molar-refractivity contribution in [3.05, 3.63) is 70.3 Å². The van der Waals surface area contributed by atoms with E-state index in [4.69, 9.17) is 9.47 Å². The maximum Gasteiger partial charge on any atom is 0.266 e. The van der Waals surface area contributed by atoms with E-state index in [1.54, 1.807) is 51.5 Å². The maximum atomic E-state index is 13.6. The predicted octanol–water partition coefficient (Wildman–Crippen LogP) is 3.79. The number of rotatable bonds is 8. The van der Waals surface area contributed by atoms with E-state index >= 15 is 0 Å². The van der Waals surface area contributed by atoms with Crippen molar-refractivity contribution < 1.29 is 18.7 Å². The van der Waals surface area contributed by atoms with Crippen molar-refractivity contribution in [2.45, 2.75) is 26.3 Å². The number of hydrogen-bond acceptors (Lipinski definition) is 5. The van der Waals surface area contributed by atoms with Gasteiger partial charge in [0.25, 0.3) is 5.56 Å². The number of ether oxygens (including phenoxy) is 2. The van der Waals surface area contributed by atoms with Gasteiger partial charge in [0.05, 0.1) is 19.9 Å². The summed E-state index contributed by atoms with van der Waals surface area (Å²) in [5.41, 5.74) is 2.02. The fourth-order valence-electron chi connectivity index (χ4n) is 3.04. The number of carbonyl (C=O) groups is 1. The maximum absolute atomic E-state index is 13.6. The molecule has 2 aromatic carbocycles. The van der Waals surface area contributed by atoms with E-state index in [-0.39, 0.29) is 30.2 Å². The fraction of sp³-hybridized carbons (Fsp3) is 0.261. The minimum atomic E-state index is -0.375. The number of aromatic nitrogens is 2. The van der Waals surface area contributed by atoms with Gasteiger partial charge in [-0.3, -0.25) is 9.59 Å². The summed E-state index contributed by atoms with van der Waals surface area (Å²) >= 11 is 0. The van der Waals surface area contributed by atoms with Gasteiger partial charge in [-0.15, -0.1) is 0 Å². The van der Waals surface area contributed by atoms with Gasteiger partial charge in [0.2, 0.25) is 5.91 Å². The third-order valence-electron chi connectivity index (χ3n) is 4.78. The third-order valence-corrected chi connectivity index (χ3v) is 4.78. The Kier molecular flexibility index (Phi) is 7.02. The molecule has 3 rings (SSSR count). The average Bonchev–Trinajstić information content (AvgIpc) is 2.77. The van der Waals surface area contributed by atoms with E-state index in [2.05, 4.69) is 10.4 Å². The Bertz CT molecular complexity index is 1140. The monoisotopic (exact) mass is 425 g/mol. The van der Waals surface area contributed by atoms with Gasteiger partial charge in [0.15, 0.2) is 11.5 Å². The molecule has 0 aliphatic rings. The number of hydrogen-bond donors (Lipinski definition) is 1. The molecule has 0 aliphatic carbocycles. The van der Waals surface area contributed by atoms with Crippen molar-refractivity contribution in [1.29, 1.82) is 0 Å². The van der Waals surface area contributed by atoms with Crippen LogP contribution in [0, 0.1) is 12.7 Å². The van der Waals surface area contributed by atoms with Gasteiger partial charge in [-0.1, -0.05) is 6.07 Å². The normalized spacial score (nSPS) is 10.6. The van der Waals surface area contributed by atoms with Gasteiger partial charge in [-0.25, -0.2) is 9.07 Å². The van der Waals surface area contributed by atoms with Crippen LogP contribution in [0.3, 0.4) is 0 Å². The first-order valence-electron chi connectivity index (χ1n) is 9.78. The minimum absolute atomic E-state index is 0.171. The molecule has 1 N–H and O–H groups in total. The lowest BCUT2D eigenvalue weighted by Gasteiger charge is -2.11. The van der Waals surface area contributed by atoms with Crippen LogP contribution in [0.4, 0.5) is 10.1 Å². The third kappa shape index (κ3) is 5.48. The lowest BCUT2D eigenvalue weighted by molar-refractivity contribution is -0.116. The molecule has 3 aromatic rings. The van der Waals surface area contributed by atoms with Crippen molar-refractivity contribution in [1.82, 2.24) is 9.78 Å². The van der Waals surface area contributed by atoms with Gasteiger partial charge < -0.3 is 14.8 Å². The molecule has 8 heteroatoms. The first-order valence-corrected chi connectivity index (χ1v) is 9.78. The highest BCUT2D eigenvalue weighted by molar-refractivity contribution is 5.90. The molecule has 7 nitrogen and oxygen atoms in total. The second-order valence-corrected chi connectivity index (χ2v) is 6.97. The van der Waals surface area contributed by atoms with Crippen LogP contribution in [0.2, 0.25) is 0 Å². The average molecular weight is 425 g/mol. The molecule has 1 amide bonds. The summed E-state index contributed by atoms with van der Waals surface area (Å²) in [5.74, 6) is 0.524. The van der Waals surface area contributed by atoms with Crippen molar-refractivity contribution in [2.75, 3.05) is 19.5 Å². The van der Waals surface area contributed by atoms with Gasteiger partial charge in [0.1, 0.15) is 5.82 Å². The molecule has 0 spiro atoms. The summed E-state index contributed by atoms with van der Waals surface area (Å²) in [4.78, 5) is 24.3. The molecule has 0 fully saturated rings. The Balaban J connectivity index is 1.65. The smallest absolute Gasteiger partial charge is 0.266 e. The number of amides is 1. The van der Waals surface area contributed by atoms with Gasteiger partial charge in [-0.2, -0.15) is 5.10 Å². The summed E-state index contributed by atoms with van der Waals surface area (Å²) in [6.07, 6.45) is 0.576. The number of methoxy groups -OCH3 is 2. The second kappa shape index (κ2) is 9.88. The van der Waals surface area contributed by atoms with Crippen LogP contribution in [0.25, 0.3) is 11.3 Å². The first kappa shape index (κ1) is 22.0. The van der Waals surface area contributed by atoms with Gasteiger partial charge in [0, 0.05) is 30.3 Å². The lowest BCUT2D eigenvalue weighted by atomic mass is 10.1. The molecule has 162 valence electrons. The van der Waals surface area contributed by atoms with Crippen molar-refractivity contribution in [2.24, 2.45) is 0 Å². The number of anilines is 1. The highest BCUT2D eigenvalue weighted by Gasteiger charge is 2.10. The Morgan fingerprint density at radius 1 is 1.06 bits per heavy atom. The Labute approximate surface area is 179 Å². The SMILES string of the molecule is COc1ccc(-c2ccc(=O)n(CCCC(=O)Nc3ccc(C)c(F)c3)n2)cc1OC. The van der Waals surface area contributed by atoms with Crippen molar-refractivity contribution in [3.63, 3.8) is 0 Å². The molecule has 1 heterocycles. The highest BCUT2D eigenvalue weighted by Crippen LogP contribution is 2.31. The molecule has 0 aliphatic heterocycles. The zero-order chi connectivity index (χ0) is 22.4. The zero-order valence-corrected chi connectivity index (χ0v) is 17.6. The molecule has 0 radical (unpaired) electrons. The number of nitrogens with zero attached hydrogens (tertiary/aromatic N) is 2. The van der Waals surface area contributed by atoms with Crippen molar-refractivity contribution in [3.8, 4) is 22.8 Å². The van der Waals surface area contributed by atoms with Crippen LogP contribution < -0.4 is 20.3 Å². The number of halogens is 1. The Morgan fingerprint density at radius 2 is 1.84 bits per heavy atom. The predicted molar refractivity (Wildman–Crippen MR) is 116 cm³/mol. The molecule has 1 aromatic heterocycles. The Morgan fingerprint density at radius 3 is 2.55 bits per heavy atom. The van der Waals surface area contributed by atoms with Gasteiger partial charge in [-0.05, 0) is 55.3 Å². The first-order chi connectivity index (χ1) is 14.9. The quantitative estimate of drug-likeness (QED) is 0.594. The van der Waals surface area contributed by atoms with Crippen molar-refractivity contribution >= 4 is 11.6 Å². The standard InChI is InChI=1S/C23H24FN3O4/c1-15-6-8-17(14-18(15)24)25-22(28)5-4-12-27-23(29)11-9-19(26-27)16-7-10-20(30-2)21(13-16)31-3/h6-11,13-14H,4-5,12H2,1-3H3,(H,25,28). The van der Waals surface area contributed by atoms with Crippen LogP contribution in [0.1, 0.15) is 18.4 Å². The second-order valence-electron chi connectivity index (χ2n) is 6.97. The molecule has 0 saturated heterocycles. The molecule has 0 unspecified atom stereocenters. The van der Waals surface area contributed by atoms with E-state index in [0.29, 0.717) is 34.9 Å². The van der Waals surface area contributed by atoms with Crippen LogP contribution in [0.5, 0.6) is 11.5 Å². The molecule has 31 heavy (non-hydrogen) atoms. The summed E-state index contributed by atoms with van der Waals surface area (Å²) in [6.45, 7) is 1.93. The molecular formula is C23H24FN3O4. The largest absolute Gasteiger partial charge is 0.493 e. The van der Waals surface area contributed by atoms with E-state index in [0.717, 1.165) is 5.56 Å². The van der Waals surface area contributed by atoms with E-state index < -0.39 is 0 Å². The van der Waals surface area contributed by atoms with Gasteiger partial charge >= 0.3 is 0 Å². The topological polar surface area (TPSA) is 82.5 Å². The fourth-order valence-corrected chi connectivity index (χ4v) is 3.04. The summed E-state index contributed by atoms with van der Waals surface area (Å²) < 4.78 is 25.5. The summed E-state index contributed by atoms with van der Waals surface area (Å²) in [6, 6.07) is 13.0. The molecule has 0 bridgehead atoms. The van der Waals surface area contributed by atoms with Crippen LogP contribution >= 0.6 is 0 Å². The number of aryl methyl sites for hydroxylation is 2. The van der Waals surface area contributed by atoms with E-state index in [1.807, 2.05) is 6.07 Å². The lowest BCUT2D eigenvalue weighted by Crippen LogP contribution is -2.23. The zero-order valence-electron chi connectivity index (χ0n) is 17.6. The molecule has 0 atom stereocenters. The molecular weight excluding hydrogens is 401 g/mol. The number of nitrogens with one attached hydrogen (secondary N) is 1. The van der Waals surface area contributed by atoms with Crippen LogP contribution in [-0.4, -0.2) is 29.9 Å². The summed E-state index contributed by atoms with van der Waals surface area (Å²) in [7, 11) is 3.10. The summed E-state index contributed by atoms with van der Waals surface area (Å²) in [5, 5.41) is 7.06. The number of carbonyl (C=O) groups excluding carboxylic acids is 1. The molecule has 0 saturated carbocycles. The van der Waals surface area contributed by atoms with Crippen LogP contribution in [0.15, 0.2) is 53.3 Å². The van der Waals surface area contributed by atoms with E-state index in [9.17, 15) is 14.0 Å². The minimum Gasteiger partial charge on any atom is -0.493 e. The highest BCUT2D eigenvalue weighted by atomic mass is 19.1. The Hall–Kier alpha value is -3.68. The van der Waals surface area contributed by atoms with Crippen LogP contribution in [-0.2, 0) is 11.3 Å². The van der Waals surface area contributed by atoms with E-state index in [1.165, 1.54) is 16.8 Å². The number of benzene rings is 2.